The lowest BCUT2D eigenvalue weighted by Crippen LogP contribution is -2.28. The lowest BCUT2D eigenvalue weighted by molar-refractivity contribution is -0.123. The van der Waals surface area contributed by atoms with Crippen LogP contribution in [0.15, 0.2) is 42.5 Å². The van der Waals surface area contributed by atoms with Gasteiger partial charge in [-0.05, 0) is 42.8 Å². The number of halogens is 2. The van der Waals surface area contributed by atoms with E-state index in [-0.39, 0.29) is 6.42 Å². The van der Waals surface area contributed by atoms with E-state index in [2.05, 4.69) is 5.32 Å². The van der Waals surface area contributed by atoms with Crippen molar-refractivity contribution in [2.75, 3.05) is 7.11 Å². The third kappa shape index (κ3) is 4.52. The number of aliphatic hydroxyl groups excluding tert-OH is 1. The Hall–Kier alpha value is -2.47. The second kappa shape index (κ2) is 7.88. The fourth-order valence-electron chi connectivity index (χ4n) is 2.43. The van der Waals surface area contributed by atoms with E-state index in [0.717, 1.165) is 0 Å². The molecule has 0 fully saturated rings. The Balaban J connectivity index is 2.03. The highest BCUT2D eigenvalue weighted by atomic mass is 19.1. The molecule has 2 aromatic rings. The van der Waals surface area contributed by atoms with Gasteiger partial charge in [-0.3, -0.25) is 4.79 Å². The zero-order valence-electron chi connectivity index (χ0n) is 13.4. The molecule has 0 radical (unpaired) electrons. The van der Waals surface area contributed by atoms with Gasteiger partial charge in [-0.25, -0.2) is 8.78 Å². The summed E-state index contributed by atoms with van der Waals surface area (Å²) in [7, 11) is 1.46. The zero-order valence-corrected chi connectivity index (χ0v) is 13.4. The van der Waals surface area contributed by atoms with Crippen LogP contribution in [0.3, 0.4) is 0 Å². The van der Waals surface area contributed by atoms with Crippen LogP contribution in [-0.2, 0) is 4.79 Å². The lowest BCUT2D eigenvalue weighted by Gasteiger charge is -2.18. The Morgan fingerprint density at radius 2 is 1.92 bits per heavy atom. The lowest BCUT2D eigenvalue weighted by atomic mass is 10.0. The van der Waals surface area contributed by atoms with Crippen molar-refractivity contribution in [3.63, 3.8) is 0 Å². The summed E-state index contributed by atoms with van der Waals surface area (Å²) in [4.78, 5) is 12.1. The van der Waals surface area contributed by atoms with Crippen LogP contribution < -0.4 is 10.1 Å². The number of hydrogen-bond acceptors (Lipinski definition) is 3. The highest BCUT2D eigenvalue weighted by Crippen LogP contribution is 2.26. The number of nitrogens with one attached hydrogen (secondary N) is 1. The number of aliphatic hydroxyl groups is 1. The summed E-state index contributed by atoms with van der Waals surface area (Å²) >= 11 is 0. The van der Waals surface area contributed by atoms with E-state index in [9.17, 15) is 18.7 Å². The first-order chi connectivity index (χ1) is 11.4. The molecule has 0 bridgehead atoms. The first-order valence-corrected chi connectivity index (χ1v) is 7.47. The van der Waals surface area contributed by atoms with Gasteiger partial charge in [0.15, 0.2) is 0 Å². The molecule has 0 saturated heterocycles. The van der Waals surface area contributed by atoms with Gasteiger partial charge in [0.05, 0.1) is 25.7 Å². The van der Waals surface area contributed by atoms with E-state index < -0.39 is 29.7 Å². The molecule has 0 aliphatic rings. The highest BCUT2D eigenvalue weighted by molar-refractivity contribution is 5.77. The van der Waals surface area contributed by atoms with Crippen molar-refractivity contribution in [1.29, 1.82) is 0 Å². The maximum absolute atomic E-state index is 13.4. The molecule has 1 amide bonds. The van der Waals surface area contributed by atoms with E-state index in [0.29, 0.717) is 16.9 Å². The van der Waals surface area contributed by atoms with Gasteiger partial charge in [-0.2, -0.15) is 0 Å². The summed E-state index contributed by atoms with van der Waals surface area (Å²) in [6.07, 6.45) is -1.35. The van der Waals surface area contributed by atoms with Gasteiger partial charge in [0, 0.05) is 5.56 Å². The van der Waals surface area contributed by atoms with Crippen LogP contribution >= 0.6 is 0 Å². The summed E-state index contributed by atoms with van der Waals surface area (Å²) in [5.41, 5.74) is 0.812. The van der Waals surface area contributed by atoms with Gasteiger partial charge < -0.3 is 15.2 Å². The molecule has 0 aliphatic heterocycles. The molecule has 4 nitrogen and oxygen atoms in total. The Morgan fingerprint density at radius 3 is 2.58 bits per heavy atom. The van der Waals surface area contributed by atoms with Crippen LogP contribution in [0.1, 0.15) is 36.6 Å². The summed E-state index contributed by atoms with van der Waals surface area (Å²) in [5, 5.41) is 12.7. The second-order valence-corrected chi connectivity index (χ2v) is 5.45. The van der Waals surface area contributed by atoms with Crippen LogP contribution in [0.4, 0.5) is 8.78 Å². The third-order valence-electron chi connectivity index (χ3n) is 3.65. The third-order valence-corrected chi connectivity index (χ3v) is 3.65. The summed E-state index contributed by atoms with van der Waals surface area (Å²) in [6.45, 7) is 1.68. The average Bonchev–Trinajstić information content (AvgIpc) is 2.54. The number of hydrogen-bond donors (Lipinski definition) is 2. The zero-order chi connectivity index (χ0) is 17.7. The Kier molecular flexibility index (Phi) is 5.87. The summed E-state index contributed by atoms with van der Waals surface area (Å²) in [5.74, 6) is -0.906. The van der Waals surface area contributed by atoms with Crippen molar-refractivity contribution in [1.82, 2.24) is 5.32 Å². The van der Waals surface area contributed by atoms with Gasteiger partial charge in [0.1, 0.15) is 17.4 Å². The molecule has 24 heavy (non-hydrogen) atoms. The van der Waals surface area contributed by atoms with E-state index in [4.69, 9.17) is 4.74 Å². The number of rotatable bonds is 6. The van der Waals surface area contributed by atoms with Crippen molar-refractivity contribution in [2.24, 2.45) is 0 Å². The van der Waals surface area contributed by atoms with Gasteiger partial charge >= 0.3 is 0 Å². The highest BCUT2D eigenvalue weighted by Gasteiger charge is 2.18. The molecular formula is C18H19F2NO3. The number of amides is 1. The van der Waals surface area contributed by atoms with Crippen LogP contribution in [0.2, 0.25) is 0 Å². The molecule has 128 valence electrons. The number of carbonyl (C=O) groups is 1. The molecule has 2 unspecified atom stereocenters. The summed E-state index contributed by atoms with van der Waals surface area (Å²) < 4.78 is 31.7. The molecule has 0 aliphatic carbocycles. The van der Waals surface area contributed by atoms with Crippen molar-refractivity contribution in [3.05, 3.63) is 65.2 Å². The van der Waals surface area contributed by atoms with E-state index in [1.165, 1.54) is 43.5 Å². The molecule has 0 saturated carbocycles. The van der Waals surface area contributed by atoms with Crippen molar-refractivity contribution in [2.45, 2.75) is 25.5 Å². The molecule has 6 heteroatoms. The Morgan fingerprint density at radius 1 is 1.21 bits per heavy atom. The molecule has 0 spiro atoms. The second-order valence-electron chi connectivity index (χ2n) is 5.45. The number of ether oxygens (including phenoxy) is 1. The van der Waals surface area contributed by atoms with Crippen molar-refractivity contribution in [3.8, 4) is 5.75 Å². The first kappa shape index (κ1) is 17.9. The SMILES string of the molecule is COc1ccc(F)cc1C(C)NC(=O)CC(O)c1cccc(F)c1. The van der Waals surface area contributed by atoms with E-state index in [1.54, 1.807) is 13.0 Å². The first-order valence-electron chi connectivity index (χ1n) is 7.47. The minimum atomic E-state index is -1.12. The quantitative estimate of drug-likeness (QED) is 0.852. The topological polar surface area (TPSA) is 58.6 Å². The fourth-order valence-corrected chi connectivity index (χ4v) is 2.43. The maximum atomic E-state index is 13.4. The largest absolute Gasteiger partial charge is 0.496 e. The molecule has 2 rings (SSSR count). The minimum Gasteiger partial charge on any atom is -0.496 e. The predicted octanol–water partition coefficient (Wildman–Crippen LogP) is 3.27. The van der Waals surface area contributed by atoms with E-state index in [1.807, 2.05) is 0 Å². The Labute approximate surface area is 139 Å². The van der Waals surface area contributed by atoms with Crippen LogP contribution in [-0.4, -0.2) is 18.1 Å². The molecule has 2 atom stereocenters. The van der Waals surface area contributed by atoms with E-state index >= 15 is 0 Å². The molecule has 0 aromatic heterocycles. The number of benzene rings is 2. The minimum absolute atomic E-state index is 0.231. The maximum Gasteiger partial charge on any atom is 0.223 e. The summed E-state index contributed by atoms with van der Waals surface area (Å²) in [6, 6.07) is 8.96. The average molecular weight is 335 g/mol. The smallest absolute Gasteiger partial charge is 0.223 e. The van der Waals surface area contributed by atoms with Crippen molar-refractivity contribution >= 4 is 5.91 Å². The van der Waals surface area contributed by atoms with Gasteiger partial charge in [0.2, 0.25) is 5.91 Å². The normalized spacial score (nSPS) is 13.2. The monoisotopic (exact) mass is 335 g/mol. The predicted molar refractivity (Wildman–Crippen MR) is 85.5 cm³/mol. The standard InChI is InChI=1S/C18H19F2NO3/c1-11(15-9-14(20)6-7-17(15)24-2)21-18(23)10-16(22)12-4-3-5-13(19)8-12/h3-9,11,16,22H,10H2,1-2H3,(H,21,23). The van der Waals surface area contributed by atoms with Crippen LogP contribution in [0, 0.1) is 11.6 Å². The fraction of sp³-hybridized carbons (Fsp3) is 0.278. The molecule has 0 heterocycles. The molecular weight excluding hydrogens is 316 g/mol. The van der Waals surface area contributed by atoms with Gasteiger partial charge in [0.25, 0.3) is 0 Å². The van der Waals surface area contributed by atoms with Gasteiger partial charge in [-0.1, -0.05) is 12.1 Å². The van der Waals surface area contributed by atoms with Crippen LogP contribution in [0.25, 0.3) is 0 Å². The number of carbonyl (C=O) groups excluding carboxylic acids is 1. The molecule has 2 aromatic carbocycles. The Bertz CT molecular complexity index is 721. The number of methoxy groups -OCH3 is 1. The van der Waals surface area contributed by atoms with Gasteiger partial charge in [-0.15, -0.1) is 0 Å². The molecule has 2 N–H and O–H groups in total. The van der Waals surface area contributed by atoms with Crippen molar-refractivity contribution < 1.29 is 23.4 Å². The van der Waals surface area contributed by atoms with Crippen LogP contribution in [0.5, 0.6) is 5.75 Å².